The van der Waals surface area contributed by atoms with Crippen molar-refractivity contribution in [2.75, 3.05) is 39.3 Å². The molecule has 2 fully saturated rings. The SMILES string of the molecule is CCC(CC)C(=O)N1CCC(NC(=O)N2CCN(S(=O)(=O)c3ccc(Cl)s3)CC2)CC1. The summed E-state index contributed by atoms with van der Waals surface area (Å²) in [5.74, 6) is 0.308. The molecule has 8 nitrogen and oxygen atoms in total. The fourth-order valence-corrected chi connectivity index (χ4v) is 7.16. The molecule has 31 heavy (non-hydrogen) atoms. The van der Waals surface area contributed by atoms with Crippen molar-refractivity contribution < 1.29 is 18.0 Å². The summed E-state index contributed by atoms with van der Waals surface area (Å²) in [7, 11) is -3.57. The summed E-state index contributed by atoms with van der Waals surface area (Å²) in [5, 5.41) is 3.06. The highest BCUT2D eigenvalue weighted by atomic mass is 35.5. The molecule has 2 aliphatic rings. The second-order valence-electron chi connectivity index (χ2n) is 8.01. The van der Waals surface area contributed by atoms with Gasteiger partial charge in [-0.2, -0.15) is 4.31 Å². The molecule has 0 atom stereocenters. The highest BCUT2D eigenvalue weighted by Crippen LogP contribution is 2.28. The van der Waals surface area contributed by atoms with Crippen LogP contribution in [0.2, 0.25) is 4.34 Å². The van der Waals surface area contributed by atoms with Crippen LogP contribution in [-0.2, 0) is 14.8 Å². The molecule has 1 aromatic heterocycles. The molecule has 174 valence electrons. The molecule has 2 saturated heterocycles. The van der Waals surface area contributed by atoms with E-state index in [4.69, 9.17) is 11.6 Å². The molecule has 0 bridgehead atoms. The summed E-state index contributed by atoms with van der Waals surface area (Å²) in [6.45, 7) is 6.61. The van der Waals surface area contributed by atoms with Crippen LogP contribution < -0.4 is 5.32 Å². The molecule has 1 N–H and O–H groups in total. The third kappa shape index (κ3) is 5.71. The van der Waals surface area contributed by atoms with E-state index in [1.54, 1.807) is 11.0 Å². The van der Waals surface area contributed by atoms with E-state index in [9.17, 15) is 18.0 Å². The van der Waals surface area contributed by atoms with E-state index in [1.165, 1.54) is 10.4 Å². The minimum absolute atomic E-state index is 0.0354. The molecule has 3 heterocycles. The molecule has 0 aromatic carbocycles. The lowest BCUT2D eigenvalue weighted by Gasteiger charge is -2.37. The standard InChI is InChI=1S/C20H31ClN4O4S2/c1-3-15(4-2)19(26)23-9-7-16(8-10-23)22-20(27)24-11-13-25(14-12-24)31(28,29)18-6-5-17(21)30-18/h5-6,15-16H,3-4,7-14H2,1-2H3,(H,22,27). The van der Waals surface area contributed by atoms with Gasteiger partial charge in [-0.05, 0) is 37.8 Å². The maximum absolute atomic E-state index is 12.7. The number of halogens is 1. The van der Waals surface area contributed by atoms with Crippen LogP contribution in [0.5, 0.6) is 0 Å². The second-order valence-corrected chi connectivity index (χ2v) is 11.9. The summed E-state index contributed by atoms with van der Waals surface area (Å²) in [6.07, 6.45) is 3.19. The first-order valence-electron chi connectivity index (χ1n) is 10.9. The number of hydrogen-bond donors (Lipinski definition) is 1. The van der Waals surface area contributed by atoms with Gasteiger partial charge in [-0.3, -0.25) is 4.79 Å². The topological polar surface area (TPSA) is 90.0 Å². The highest BCUT2D eigenvalue weighted by Gasteiger charge is 2.32. The number of carbonyl (C=O) groups is 2. The van der Waals surface area contributed by atoms with Crippen molar-refractivity contribution in [2.45, 2.75) is 49.8 Å². The zero-order valence-corrected chi connectivity index (χ0v) is 20.4. The molecular formula is C20H31ClN4O4S2. The van der Waals surface area contributed by atoms with E-state index in [0.717, 1.165) is 37.0 Å². The van der Waals surface area contributed by atoms with Crippen LogP contribution in [0.25, 0.3) is 0 Å². The number of piperidine rings is 1. The fourth-order valence-electron chi connectivity index (χ4n) is 4.10. The molecule has 1 aromatic rings. The summed E-state index contributed by atoms with van der Waals surface area (Å²) in [6, 6.07) is 2.96. The Kier molecular flexibility index (Phi) is 8.23. The van der Waals surface area contributed by atoms with Gasteiger partial charge in [-0.15, -0.1) is 11.3 Å². The maximum atomic E-state index is 12.7. The Morgan fingerprint density at radius 1 is 1.06 bits per heavy atom. The van der Waals surface area contributed by atoms with Crippen molar-refractivity contribution in [2.24, 2.45) is 5.92 Å². The molecule has 0 spiro atoms. The maximum Gasteiger partial charge on any atom is 0.317 e. The van der Waals surface area contributed by atoms with Crippen molar-refractivity contribution in [1.82, 2.24) is 19.4 Å². The second kappa shape index (κ2) is 10.5. The van der Waals surface area contributed by atoms with E-state index in [0.29, 0.717) is 30.5 Å². The van der Waals surface area contributed by atoms with Crippen molar-refractivity contribution in [1.29, 1.82) is 0 Å². The van der Waals surface area contributed by atoms with Gasteiger partial charge in [-0.1, -0.05) is 25.4 Å². The Balaban J connectivity index is 1.45. The van der Waals surface area contributed by atoms with Crippen LogP contribution in [0.15, 0.2) is 16.3 Å². The minimum atomic E-state index is -3.57. The minimum Gasteiger partial charge on any atom is -0.342 e. The predicted molar refractivity (Wildman–Crippen MR) is 122 cm³/mol. The third-order valence-corrected chi connectivity index (χ3v) is 9.73. The lowest BCUT2D eigenvalue weighted by atomic mass is 9.98. The quantitative estimate of drug-likeness (QED) is 0.663. The van der Waals surface area contributed by atoms with Gasteiger partial charge in [0, 0.05) is 51.2 Å². The van der Waals surface area contributed by atoms with Gasteiger partial charge in [0.15, 0.2) is 0 Å². The van der Waals surface area contributed by atoms with E-state index in [1.807, 2.05) is 18.7 Å². The number of sulfonamides is 1. The lowest BCUT2D eigenvalue weighted by Crippen LogP contribution is -2.56. The molecule has 3 amide bonds. The molecule has 3 rings (SSSR count). The van der Waals surface area contributed by atoms with Crippen LogP contribution in [0.3, 0.4) is 0 Å². The average Bonchev–Trinajstić information content (AvgIpc) is 3.22. The Morgan fingerprint density at radius 3 is 2.19 bits per heavy atom. The van der Waals surface area contributed by atoms with Gasteiger partial charge in [0.05, 0.1) is 4.34 Å². The van der Waals surface area contributed by atoms with Crippen molar-refractivity contribution >= 4 is 44.9 Å². The van der Waals surface area contributed by atoms with E-state index in [-0.39, 0.29) is 41.2 Å². The number of amides is 3. The van der Waals surface area contributed by atoms with E-state index >= 15 is 0 Å². The van der Waals surface area contributed by atoms with Gasteiger partial charge >= 0.3 is 6.03 Å². The average molecular weight is 491 g/mol. The lowest BCUT2D eigenvalue weighted by molar-refractivity contribution is -0.136. The Hall–Kier alpha value is -1.36. The van der Waals surface area contributed by atoms with Crippen LogP contribution in [0.1, 0.15) is 39.5 Å². The van der Waals surface area contributed by atoms with Gasteiger partial charge in [-0.25, -0.2) is 13.2 Å². The Bertz CT molecular complexity index is 871. The molecule has 0 radical (unpaired) electrons. The third-order valence-electron chi connectivity index (χ3n) is 6.14. The van der Waals surface area contributed by atoms with E-state index < -0.39 is 10.0 Å². The highest BCUT2D eigenvalue weighted by molar-refractivity contribution is 7.91. The van der Waals surface area contributed by atoms with Crippen LogP contribution in [0, 0.1) is 5.92 Å². The number of nitrogens with zero attached hydrogens (tertiary/aromatic N) is 3. The number of nitrogens with one attached hydrogen (secondary N) is 1. The van der Waals surface area contributed by atoms with Gasteiger partial charge in [0.2, 0.25) is 5.91 Å². The van der Waals surface area contributed by atoms with Crippen molar-refractivity contribution in [3.8, 4) is 0 Å². The first kappa shape index (κ1) is 24.3. The molecule has 0 saturated carbocycles. The predicted octanol–water partition coefficient (Wildman–Crippen LogP) is 2.84. The number of urea groups is 1. The van der Waals surface area contributed by atoms with Crippen molar-refractivity contribution in [3.05, 3.63) is 16.5 Å². The van der Waals surface area contributed by atoms with Crippen LogP contribution in [-0.4, -0.2) is 79.8 Å². The molecule has 11 heteroatoms. The first-order valence-corrected chi connectivity index (χ1v) is 13.5. The van der Waals surface area contributed by atoms with E-state index in [2.05, 4.69) is 5.32 Å². The first-order chi connectivity index (χ1) is 14.8. The van der Waals surface area contributed by atoms with Gasteiger partial charge in [0.1, 0.15) is 4.21 Å². The monoisotopic (exact) mass is 490 g/mol. The molecule has 0 aliphatic carbocycles. The van der Waals surface area contributed by atoms with Crippen LogP contribution in [0.4, 0.5) is 4.79 Å². The number of hydrogen-bond acceptors (Lipinski definition) is 5. The number of carbonyl (C=O) groups excluding carboxylic acids is 2. The fraction of sp³-hybridized carbons (Fsp3) is 0.700. The summed E-state index contributed by atoms with van der Waals surface area (Å²) >= 11 is 6.91. The van der Waals surface area contributed by atoms with Crippen LogP contribution >= 0.6 is 22.9 Å². The number of likely N-dealkylation sites (tertiary alicyclic amines) is 1. The summed E-state index contributed by atoms with van der Waals surface area (Å²) in [5.41, 5.74) is 0. The Morgan fingerprint density at radius 2 is 1.68 bits per heavy atom. The Labute approximate surface area is 193 Å². The summed E-state index contributed by atoms with van der Waals surface area (Å²) in [4.78, 5) is 28.8. The molecule has 2 aliphatic heterocycles. The normalized spacial score (nSPS) is 19.1. The summed E-state index contributed by atoms with van der Waals surface area (Å²) < 4.78 is 27.5. The van der Waals surface area contributed by atoms with Crippen molar-refractivity contribution in [3.63, 3.8) is 0 Å². The molecular weight excluding hydrogens is 460 g/mol. The largest absolute Gasteiger partial charge is 0.342 e. The number of piperazine rings is 1. The number of thiophene rings is 1. The zero-order valence-electron chi connectivity index (χ0n) is 18.0. The molecule has 0 unspecified atom stereocenters. The van der Waals surface area contributed by atoms with Gasteiger partial charge in [0.25, 0.3) is 10.0 Å². The zero-order chi connectivity index (χ0) is 22.6. The smallest absolute Gasteiger partial charge is 0.317 e. The van der Waals surface area contributed by atoms with Gasteiger partial charge < -0.3 is 15.1 Å². The number of rotatable bonds is 6.